The third-order valence-corrected chi connectivity index (χ3v) is 7.84. The van der Waals surface area contributed by atoms with Crippen molar-refractivity contribution in [2.75, 3.05) is 13.7 Å². The van der Waals surface area contributed by atoms with Crippen molar-refractivity contribution >= 4 is 35.6 Å². The maximum absolute atomic E-state index is 13.5. The van der Waals surface area contributed by atoms with Gasteiger partial charge >= 0.3 is 13.2 Å². The van der Waals surface area contributed by atoms with Crippen LogP contribution in [0, 0.1) is 5.92 Å². The number of carbonyl (C=O) groups is 2. The van der Waals surface area contributed by atoms with Crippen LogP contribution in [0.3, 0.4) is 0 Å². The third-order valence-electron chi connectivity index (χ3n) is 7.84. The molecule has 2 N–H and O–H groups in total. The maximum Gasteiger partial charge on any atom is 0.494 e. The number of H-pyrrole nitrogens is 1. The summed E-state index contributed by atoms with van der Waals surface area (Å²) in [5.74, 6) is 0.615. The number of carbonyl (C=O) groups excluding carboxylic acids is 2. The van der Waals surface area contributed by atoms with Crippen LogP contribution in [0.15, 0.2) is 18.2 Å². The molecule has 3 atom stereocenters. The van der Waals surface area contributed by atoms with E-state index in [4.69, 9.17) is 19.0 Å². The fourth-order valence-corrected chi connectivity index (χ4v) is 4.69. The molecule has 2 aliphatic heterocycles. The second kappa shape index (κ2) is 9.46. The largest absolute Gasteiger partial charge is 0.494 e. The number of ether oxygens (including phenoxy) is 1. The normalized spacial score (nSPS) is 22.9. The minimum atomic E-state index is -0.646. The van der Waals surface area contributed by atoms with Gasteiger partial charge in [-0.2, -0.15) is 0 Å². The number of hydrogen-bond donors (Lipinski definition) is 2. The quantitative estimate of drug-likeness (QED) is 0.610. The van der Waals surface area contributed by atoms with Crippen molar-refractivity contribution in [3.8, 4) is 0 Å². The molecule has 0 spiro atoms. The number of alkyl carbamates (subject to hydrolysis) is 1. The number of methoxy groups -OCH3 is 1. The standard InChI is InChI=1S/C25H37BN4O5/c1-8-15(2)20(29-23(32)33-7)22(31)30-13-9-10-19(30)21-27-17-12-11-16(14-18(17)28-21)26-34-24(3,4)25(5,6)35-26/h11-12,14-15,19-20H,8-10,13H2,1-7H3,(H,27,28)(H,29,32). The summed E-state index contributed by atoms with van der Waals surface area (Å²) in [6.45, 7) is 12.7. The van der Waals surface area contributed by atoms with Crippen LogP contribution in [-0.2, 0) is 18.8 Å². The van der Waals surface area contributed by atoms with Gasteiger partial charge in [-0.25, -0.2) is 9.78 Å². The van der Waals surface area contributed by atoms with Gasteiger partial charge in [0.25, 0.3) is 0 Å². The average molecular weight is 484 g/mol. The Morgan fingerprint density at radius 1 is 1.29 bits per heavy atom. The van der Waals surface area contributed by atoms with E-state index in [0.717, 1.165) is 41.6 Å². The zero-order valence-electron chi connectivity index (χ0n) is 21.8. The fraction of sp³-hybridized carbons (Fsp3) is 0.640. The molecule has 0 bridgehead atoms. The van der Waals surface area contributed by atoms with Crippen molar-refractivity contribution in [2.24, 2.45) is 5.92 Å². The van der Waals surface area contributed by atoms with Crippen molar-refractivity contribution in [2.45, 2.75) is 84.1 Å². The lowest BCUT2D eigenvalue weighted by Gasteiger charge is -2.32. The molecule has 0 aliphatic carbocycles. The first-order chi connectivity index (χ1) is 16.5. The Labute approximate surface area is 207 Å². The summed E-state index contributed by atoms with van der Waals surface area (Å²) in [5, 5.41) is 2.73. The number of nitrogens with one attached hydrogen (secondary N) is 2. The number of amides is 2. The predicted molar refractivity (Wildman–Crippen MR) is 134 cm³/mol. The van der Waals surface area contributed by atoms with Gasteiger partial charge in [0.15, 0.2) is 0 Å². The Bertz CT molecular complexity index is 1080. The van der Waals surface area contributed by atoms with Crippen molar-refractivity contribution in [3.05, 3.63) is 24.0 Å². The van der Waals surface area contributed by atoms with Crippen LogP contribution in [0.4, 0.5) is 4.79 Å². The van der Waals surface area contributed by atoms with E-state index in [9.17, 15) is 9.59 Å². The summed E-state index contributed by atoms with van der Waals surface area (Å²) in [4.78, 5) is 35.5. The summed E-state index contributed by atoms with van der Waals surface area (Å²) >= 11 is 0. The molecular formula is C25H37BN4O5. The van der Waals surface area contributed by atoms with Crippen molar-refractivity contribution in [3.63, 3.8) is 0 Å². The van der Waals surface area contributed by atoms with Gasteiger partial charge < -0.3 is 29.2 Å². The molecule has 0 saturated carbocycles. The SMILES string of the molecule is CCC(C)C(NC(=O)OC)C(=O)N1CCCC1c1nc2ccc(B3OC(C)(C)C(C)(C)O3)cc2[nH]1. The Morgan fingerprint density at radius 3 is 2.60 bits per heavy atom. The number of fused-ring (bicyclic) bond motifs is 1. The van der Waals surface area contributed by atoms with E-state index in [1.54, 1.807) is 0 Å². The monoisotopic (exact) mass is 484 g/mol. The highest BCUT2D eigenvalue weighted by atomic mass is 16.7. The van der Waals surface area contributed by atoms with E-state index in [1.165, 1.54) is 7.11 Å². The molecule has 4 rings (SSSR count). The first-order valence-electron chi connectivity index (χ1n) is 12.5. The van der Waals surface area contributed by atoms with E-state index in [0.29, 0.717) is 6.54 Å². The van der Waals surface area contributed by atoms with Crippen molar-refractivity contribution in [1.82, 2.24) is 20.2 Å². The van der Waals surface area contributed by atoms with Crippen LogP contribution >= 0.6 is 0 Å². The predicted octanol–water partition coefficient (Wildman–Crippen LogP) is 3.30. The Hall–Kier alpha value is -2.59. The number of likely N-dealkylation sites (tertiary alicyclic amines) is 1. The van der Waals surface area contributed by atoms with Gasteiger partial charge in [-0.3, -0.25) is 4.79 Å². The topological polar surface area (TPSA) is 106 Å². The third kappa shape index (κ3) is 4.78. The van der Waals surface area contributed by atoms with Gasteiger partial charge in [-0.15, -0.1) is 0 Å². The van der Waals surface area contributed by atoms with Gasteiger partial charge in [-0.1, -0.05) is 26.3 Å². The highest BCUT2D eigenvalue weighted by Crippen LogP contribution is 2.37. The number of aromatic amines is 1. The fourth-order valence-electron chi connectivity index (χ4n) is 4.69. The first kappa shape index (κ1) is 25.5. The molecule has 0 radical (unpaired) electrons. The van der Waals surface area contributed by atoms with Gasteiger partial charge in [0.1, 0.15) is 11.9 Å². The van der Waals surface area contributed by atoms with Gasteiger partial charge in [0, 0.05) is 6.54 Å². The maximum atomic E-state index is 13.5. The zero-order chi connectivity index (χ0) is 25.5. The summed E-state index contributed by atoms with van der Waals surface area (Å²) in [7, 11) is 0.847. The molecule has 1 aromatic heterocycles. The molecule has 1 aromatic carbocycles. The minimum absolute atomic E-state index is 0.0269. The van der Waals surface area contributed by atoms with Crippen LogP contribution in [0.5, 0.6) is 0 Å². The van der Waals surface area contributed by atoms with E-state index >= 15 is 0 Å². The van der Waals surface area contributed by atoms with Crippen molar-refractivity contribution in [1.29, 1.82) is 0 Å². The molecule has 3 unspecified atom stereocenters. The highest BCUT2D eigenvalue weighted by molar-refractivity contribution is 6.62. The minimum Gasteiger partial charge on any atom is -0.453 e. The molecular weight excluding hydrogens is 447 g/mol. The van der Waals surface area contributed by atoms with E-state index < -0.39 is 30.5 Å². The number of benzene rings is 1. The smallest absolute Gasteiger partial charge is 0.453 e. The Morgan fingerprint density at radius 2 is 1.97 bits per heavy atom. The molecule has 2 amide bonds. The van der Waals surface area contributed by atoms with E-state index in [1.807, 2.05) is 64.6 Å². The molecule has 2 aliphatic rings. The number of rotatable bonds is 6. The number of imidazole rings is 1. The summed E-state index contributed by atoms with van der Waals surface area (Å²) in [5.41, 5.74) is 1.79. The average Bonchev–Trinajstić information content (AvgIpc) is 3.51. The molecule has 2 fully saturated rings. The number of hydrogen-bond acceptors (Lipinski definition) is 6. The Kier molecular flexibility index (Phi) is 6.90. The molecule has 9 nitrogen and oxygen atoms in total. The lowest BCUT2D eigenvalue weighted by molar-refractivity contribution is -0.135. The van der Waals surface area contributed by atoms with Crippen molar-refractivity contribution < 1.29 is 23.6 Å². The van der Waals surface area contributed by atoms with Gasteiger partial charge in [-0.05, 0) is 64.1 Å². The first-order valence-corrected chi connectivity index (χ1v) is 12.5. The molecule has 190 valence electrons. The Balaban J connectivity index is 1.57. The lowest BCUT2D eigenvalue weighted by Crippen LogP contribution is -2.51. The summed E-state index contributed by atoms with van der Waals surface area (Å²) in [6.07, 6.45) is 1.84. The van der Waals surface area contributed by atoms with Crippen LogP contribution in [-0.4, -0.2) is 64.9 Å². The molecule has 2 saturated heterocycles. The number of nitrogens with zero attached hydrogens (tertiary/aromatic N) is 2. The van der Waals surface area contributed by atoms with Crippen LogP contribution in [0.2, 0.25) is 0 Å². The van der Waals surface area contributed by atoms with Crippen LogP contribution in [0.1, 0.15) is 72.7 Å². The molecule has 35 heavy (non-hydrogen) atoms. The molecule has 3 heterocycles. The van der Waals surface area contributed by atoms with Crippen LogP contribution in [0.25, 0.3) is 11.0 Å². The molecule has 10 heteroatoms. The second-order valence-corrected chi connectivity index (χ2v) is 10.7. The lowest BCUT2D eigenvalue weighted by atomic mass is 9.79. The van der Waals surface area contributed by atoms with E-state index in [-0.39, 0.29) is 17.9 Å². The highest BCUT2D eigenvalue weighted by Gasteiger charge is 2.51. The number of aromatic nitrogens is 2. The zero-order valence-corrected chi connectivity index (χ0v) is 21.8. The van der Waals surface area contributed by atoms with E-state index in [2.05, 4.69) is 10.3 Å². The molecule has 2 aromatic rings. The second-order valence-electron chi connectivity index (χ2n) is 10.7. The van der Waals surface area contributed by atoms with Crippen LogP contribution < -0.4 is 10.8 Å². The summed E-state index contributed by atoms with van der Waals surface area (Å²) < 4.78 is 17.2. The van der Waals surface area contributed by atoms with Gasteiger partial charge in [0.05, 0.1) is 35.4 Å². The van der Waals surface area contributed by atoms with Gasteiger partial charge in [0.2, 0.25) is 5.91 Å². The summed E-state index contributed by atoms with van der Waals surface area (Å²) in [6, 6.07) is 5.12.